The van der Waals surface area contributed by atoms with Crippen LogP contribution >= 0.6 is 11.6 Å². The molecule has 1 fully saturated rings. The molecule has 5 rings (SSSR count). The van der Waals surface area contributed by atoms with Crippen LogP contribution < -0.4 is 5.32 Å². The highest BCUT2D eigenvalue weighted by molar-refractivity contribution is 6.36. The zero-order valence-electron chi connectivity index (χ0n) is 13.8. The summed E-state index contributed by atoms with van der Waals surface area (Å²) in [6.07, 6.45) is 7.72. The lowest BCUT2D eigenvalue weighted by Crippen LogP contribution is -2.12. The minimum absolute atomic E-state index is 0.579. The van der Waals surface area contributed by atoms with Gasteiger partial charge in [-0.25, -0.2) is 4.99 Å². The van der Waals surface area contributed by atoms with Gasteiger partial charge in [-0.05, 0) is 37.5 Å². The molecule has 0 saturated heterocycles. The predicted molar refractivity (Wildman–Crippen MR) is 99.7 cm³/mol. The van der Waals surface area contributed by atoms with Gasteiger partial charge in [0.2, 0.25) is 0 Å². The zero-order chi connectivity index (χ0) is 17.0. The Morgan fingerprint density at radius 3 is 2.88 bits per heavy atom. The molecule has 0 unspecified atom stereocenters. The van der Waals surface area contributed by atoms with E-state index >= 15 is 0 Å². The average Bonchev–Trinajstić information content (AvgIpc) is 3.42. The number of aliphatic imine (C=N–C) groups is 2. The quantitative estimate of drug-likeness (QED) is 0.892. The second-order valence-corrected chi connectivity index (χ2v) is 7.07. The van der Waals surface area contributed by atoms with E-state index in [2.05, 4.69) is 33.3 Å². The molecule has 0 radical (unpaired) electrons. The van der Waals surface area contributed by atoms with Crippen molar-refractivity contribution >= 4 is 28.8 Å². The van der Waals surface area contributed by atoms with Crippen molar-refractivity contribution < 1.29 is 0 Å². The van der Waals surface area contributed by atoms with Crippen molar-refractivity contribution in [3.63, 3.8) is 0 Å². The van der Waals surface area contributed by atoms with Crippen LogP contribution in [-0.4, -0.2) is 28.1 Å². The van der Waals surface area contributed by atoms with E-state index in [1.807, 2.05) is 12.3 Å². The van der Waals surface area contributed by atoms with Crippen LogP contribution in [0.15, 0.2) is 52.0 Å². The van der Waals surface area contributed by atoms with Gasteiger partial charge < -0.3 is 5.32 Å². The summed E-state index contributed by atoms with van der Waals surface area (Å²) in [6, 6.07) is 4.03. The largest absolute Gasteiger partial charge is 0.338 e. The summed E-state index contributed by atoms with van der Waals surface area (Å²) in [4.78, 5) is 18.3. The third-order valence-corrected chi connectivity index (χ3v) is 5.08. The first kappa shape index (κ1) is 14.8. The molecule has 6 heteroatoms. The highest BCUT2D eigenvalue weighted by Gasteiger charge is 2.29. The van der Waals surface area contributed by atoms with E-state index in [9.17, 15) is 0 Å². The number of aromatic nitrogens is 2. The molecule has 0 atom stereocenters. The molecule has 0 bridgehead atoms. The Morgan fingerprint density at radius 1 is 1.20 bits per heavy atom. The molecular weight excluding hydrogens is 334 g/mol. The van der Waals surface area contributed by atoms with Gasteiger partial charge in [-0.1, -0.05) is 11.6 Å². The van der Waals surface area contributed by atoms with Crippen LogP contribution in [0.25, 0.3) is 0 Å². The van der Waals surface area contributed by atoms with Crippen molar-refractivity contribution in [2.45, 2.75) is 25.7 Å². The highest BCUT2D eigenvalue weighted by atomic mass is 35.5. The number of rotatable bonds is 2. The normalized spacial score (nSPS) is 18.8. The van der Waals surface area contributed by atoms with Crippen LogP contribution in [0.3, 0.4) is 0 Å². The molecule has 1 N–H and O–H groups in total. The predicted octanol–water partition coefficient (Wildman–Crippen LogP) is 3.96. The summed E-state index contributed by atoms with van der Waals surface area (Å²) in [6.45, 7) is 2.74. The molecule has 2 aromatic rings. The lowest BCUT2D eigenvalue weighted by atomic mass is 10.0. The molecule has 0 spiro atoms. The lowest BCUT2D eigenvalue weighted by molar-refractivity contribution is 1.02. The van der Waals surface area contributed by atoms with Crippen molar-refractivity contribution in [2.24, 2.45) is 9.98 Å². The Kier molecular flexibility index (Phi) is 3.25. The van der Waals surface area contributed by atoms with E-state index < -0.39 is 0 Å². The number of pyridine rings is 2. The maximum Gasteiger partial charge on any atom is 0.152 e. The standard InChI is InChI=1S/C19H16ClN5/c1-10-7-23-19-17(10)25-18(12-4-5-21-9-14(12)20)13-8-22-15(11-2-3-11)6-16(13)24-19/h4-6,8-9,11H,2-3,7H2,1H3,(H,23,24). The smallest absolute Gasteiger partial charge is 0.152 e. The Morgan fingerprint density at radius 2 is 2.08 bits per heavy atom. The van der Waals surface area contributed by atoms with Gasteiger partial charge in [0.05, 0.1) is 23.0 Å². The van der Waals surface area contributed by atoms with Crippen LogP contribution in [0.2, 0.25) is 5.02 Å². The third-order valence-electron chi connectivity index (χ3n) is 4.78. The number of fused-ring (bicyclic) bond motifs is 2. The monoisotopic (exact) mass is 349 g/mol. The second kappa shape index (κ2) is 5.49. The number of nitrogens with zero attached hydrogens (tertiary/aromatic N) is 4. The Labute approximate surface area is 150 Å². The molecule has 0 aromatic carbocycles. The molecule has 124 valence electrons. The molecule has 4 heterocycles. The van der Waals surface area contributed by atoms with Gasteiger partial charge in [0.1, 0.15) is 5.70 Å². The topological polar surface area (TPSA) is 62.5 Å². The third kappa shape index (κ3) is 2.46. The molecule has 2 aliphatic heterocycles. The zero-order valence-corrected chi connectivity index (χ0v) is 14.5. The fourth-order valence-corrected chi connectivity index (χ4v) is 3.44. The number of hydrogen-bond acceptors (Lipinski definition) is 5. The van der Waals surface area contributed by atoms with Crippen molar-refractivity contribution in [3.8, 4) is 0 Å². The van der Waals surface area contributed by atoms with E-state index in [1.165, 1.54) is 12.8 Å². The maximum absolute atomic E-state index is 6.42. The van der Waals surface area contributed by atoms with Gasteiger partial charge >= 0.3 is 0 Å². The summed E-state index contributed by atoms with van der Waals surface area (Å²) in [5.74, 6) is 1.41. The van der Waals surface area contributed by atoms with Gasteiger partial charge in [0, 0.05) is 41.3 Å². The Balaban J connectivity index is 1.75. The van der Waals surface area contributed by atoms with Crippen LogP contribution in [0.1, 0.15) is 42.5 Å². The van der Waals surface area contributed by atoms with Gasteiger partial charge in [0.25, 0.3) is 0 Å². The van der Waals surface area contributed by atoms with E-state index in [0.717, 1.165) is 45.3 Å². The molecular formula is C19H16ClN5. The SMILES string of the molecule is CC1=C2N=C(c3ccncc3Cl)c3cnc(C4CC4)cc3NC2=NC1. The fraction of sp³-hybridized carbons (Fsp3) is 0.263. The highest BCUT2D eigenvalue weighted by Crippen LogP contribution is 2.41. The maximum atomic E-state index is 6.42. The molecule has 5 nitrogen and oxygen atoms in total. The van der Waals surface area contributed by atoms with E-state index in [4.69, 9.17) is 16.6 Å². The number of nitrogens with one attached hydrogen (secondary N) is 1. The van der Waals surface area contributed by atoms with Gasteiger partial charge in [-0.2, -0.15) is 0 Å². The molecule has 25 heavy (non-hydrogen) atoms. The molecule has 0 amide bonds. The fourth-order valence-electron chi connectivity index (χ4n) is 3.23. The Hall–Kier alpha value is -2.53. The molecule has 2 aromatic heterocycles. The summed E-state index contributed by atoms with van der Waals surface area (Å²) < 4.78 is 0. The number of anilines is 1. The first-order chi connectivity index (χ1) is 12.2. The van der Waals surface area contributed by atoms with Crippen LogP contribution in [0.5, 0.6) is 0 Å². The van der Waals surface area contributed by atoms with Crippen LogP contribution in [0.4, 0.5) is 5.69 Å². The molecule has 1 aliphatic carbocycles. The van der Waals surface area contributed by atoms with Crippen LogP contribution in [-0.2, 0) is 0 Å². The summed E-state index contributed by atoms with van der Waals surface area (Å²) in [5, 5.41) is 4.05. The Bertz CT molecular complexity index is 985. The average molecular weight is 350 g/mol. The molecule has 3 aliphatic rings. The van der Waals surface area contributed by atoms with Gasteiger partial charge in [-0.3, -0.25) is 15.0 Å². The number of amidine groups is 1. The summed E-state index contributed by atoms with van der Waals surface area (Å²) in [7, 11) is 0. The number of hydrogen-bond donors (Lipinski definition) is 1. The lowest BCUT2D eigenvalue weighted by Gasteiger charge is -2.12. The van der Waals surface area contributed by atoms with Gasteiger partial charge in [-0.15, -0.1) is 0 Å². The number of halogens is 1. The van der Waals surface area contributed by atoms with Crippen molar-refractivity contribution in [1.29, 1.82) is 0 Å². The van der Waals surface area contributed by atoms with Gasteiger partial charge in [0.15, 0.2) is 5.84 Å². The van der Waals surface area contributed by atoms with E-state index in [1.54, 1.807) is 12.4 Å². The minimum atomic E-state index is 0.579. The van der Waals surface area contributed by atoms with E-state index in [-0.39, 0.29) is 0 Å². The minimum Gasteiger partial charge on any atom is -0.338 e. The molecule has 1 saturated carbocycles. The summed E-state index contributed by atoms with van der Waals surface area (Å²) in [5.41, 5.74) is 6.77. The van der Waals surface area contributed by atoms with Crippen molar-refractivity contribution in [3.05, 3.63) is 63.8 Å². The first-order valence-corrected chi connectivity index (χ1v) is 8.79. The second-order valence-electron chi connectivity index (χ2n) is 6.66. The van der Waals surface area contributed by atoms with Crippen LogP contribution in [0, 0.1) is 0 Å². The van der Waals surface area contributed by atoms with Crippen molar-refractivity contribution in [2.75, 3.05) is 11.9 Å². The van der Waals surface area contributed by atoms with Crippen molar-refractivity contribution in [1.82, 2.24) is 9.97 Å². The first-order valence-electron chi connectivity index (χ1n) is 8.41. The summed E-state index contributed by atoms with van der Waals surface area (Å²) >= 11 is 6.42. The van der Waals surface area contributed by atoms with E-state index in [0.29, 0.717) is 17.5 Å².